The first kappa shape index (κ1) is 22.3. The number of nitrogens with zero attached hydrogens (tertiary/aromatic N) is 2. The molecule has 0 atom stereocenters. The van der Waals surface area contributed by atoms with Gasteiger partial charge in [-0.3, -0.25) is 9.69 Å². The Kier molecular flexibility index (Phi) is 5.72. The fraction of sp³-hybridized carbons (Fsp3) is 0.130. The number of thiocarbonyl (C=S) groups is 1. The van der Waals surface area contributed by atoms with Gasteiger partial charge in [0.05, 0.1) is 16.2 Å². The van der Waals surface area contributed by atoms with Crippen molar-refractivity contribution in [3.05, 3.63) is 87.8 Å². The summed E-state index contributed by atoms with van der Waals surface area (Å²) in [6.45, 7) is 3.56. The lowest BCUT2D eigenvalue weighted by Crippen LogP contribution is -2.27. The highest BCUT2D eigenvalue weighted by molar-refractivity contribution is 8.27. The first-order valence-corrected chi connectivity index (χ1v) is 10.7. The van der Waals surface area contributed by atoms with Crippen LogP contribution in [0.1, 0.15) is 22.5 Å². The molecule has 0 saturated carbocycles. The van der Waals surface area contributed by atoms with Crippen LogP contribution in [-0.4, -0.2) is 14.8 Å². The van der Waals surface area contributed by atoms with Crippen LogP contribution in [0.25, 0.3) is 11.8 Å². The van der Waals surface area contributed by atoms with Gasteiger partial charge < -0.3 is 4.57 Å². The van der Waals surface area contributed by atoms with Gasteiger partial charge in [0.25, 0.3) is 5.91 Å². The standard InChI is InChI=1S/C23H16F4N2OS2/c1-13-10-15(14(2)28(13)19-5-3-4-16(12-19)23(25,26)27)11-20-21(30)29(22(31)32-20)18-8-6-17(24)7-9-18/h3-12H,1-2H3/b20-11+. The molecule has 0 N–H and O–H groups in total. The van der Waals surface area contributed by atoms with Crippen molar-refractivity contribution >= 4 is 46.0 Å². The number of benzene rings is 2. The van der Waals surface area contributed by atoms with Crippen LogP contribution in [0.3, 0.4) is 0 Å². The smallest absolute Gasteiger partial charge is 0.318 e. The van der Waals surface area contributed by atoms with Crippen molar-refractivity contribution < 1.29 is 22.4 Å². The highest BCUT2D eigenvalue weighted by atomic mass is 32.2. The molecule has 1 fully saturated rings. The molecule has 1 saturated heterocycles. The minimum atomic E-state index is -4.44. The Hall–Kier alpha value is -2.91. The van der Waals surface area contributed by atoms with Crippen molar-refractivity contribution in [3.63, 3.8) is 0 Å². The molecule has 1 amide bonds. The summed E-state index contributed by atoms with van der Waals surface area (Å²) in [5, 5.41) is 0. The number of aryl methyl sites for hydroxylation is 1. The third kappa shape index (κ3) is 4.10. The van der Waals surface area contributed by atoms with E-state index in [9.17, 15) is 22.4 Å². The predicted molar refractivity (Wildman–Crippen MR) is 122 cm³/mol. The topological polar surface area (TPSA) is 25.2 Å². The molecule has 3 nitrogen and oxygen atoms in total. The fourth-order valence-electron chi connectivity index (χ4n) is 3.57. The number of thioether (sulfide) groups is 1. The third-order valence-corrected chi connectivity index (χ3v) is 6.37. The highest BCUT2D eigenvalue weighted by Gasteiger charge is 2.34. The molecule has 2 heterocycles. The Bertz CT molecular complexity index is 1260. The number of halogens is 4. The van der Waals surface area contributed by atoms with E-state index in [1.807, 2.05) is 0 Å². The van der Waals surface area contributed by atoms with E-state index in [2.05, 4.69) is 0 Å². The average Bonchev–Trinajstić information content (AvgIpc) is 3.17. The van der Waals surface area contributed by atoms with Crippen LogP contribution in [0, 0.1) is 19.7 Å². The molecule has 9 heteroatoms. The van der Waals surface area contributed by atoms with Crippen LogP contribution in [0.4, 0.5) is 23.2 Å². The van der Waals surface area contributed by atoms with E-state index in [0.29, 0.717) is 31.9 Å². The largest absolute Gasteiger partial charge is 0.416 e. The van der Waals surface area contributed by atoms with E-state index in [-0.39, 0.29) is 5.91 Å². The molecular formula is C23H16F4N2OS2. The lowest BCUT2D eigenvalue weighted by atomic mass is 10.2. The van der Waals surface area contributed by atoms with Crippen LogP contribution in [-0.2, 0) is 11.0 Å². The van der Waals surface area contributed by atoms with Crippen molar-refractivity contribution in [3.8, 4) is 5.69 Å². The number of amides is 1. The van der Waals surface area contributed by atoms with Crippen molar-refractivity contribution in [1.29, 1.82) is 0 Å². The zero-order valence-corrected chi connectivity index (χ0v) is 18.5. The second kappa shape index (κ2) is 8.22. The van der Waals surface area contributed by atoms with E-state index in [1.54, 1.807) is 36.6 Å². The number of rotatable bonds is 3. The van der Waals surface area contributed by atoms with E-state index in [4.69, 9.17) is 12.2 Å². The Morgan fingerprint density at radius 2 is 1.69 bits per heavy atom. The summed E-state index contributed by atoms with van der Waals surface area (Å²) >= 11 is 6.46. The summed E-state index contributed by atoms with van der Waals surface area (Å²) in [7, 11) is 0. The molecule has 1 aliphatic heterocycles. The van der Waals surface area contributed by atoms with Crippen molar-refractivity contribution in [1.82, 2.24) is 4.57 Å². The number of carbonyl (C=O) groups is 1. The van der Waals surface area contributed by atoms with Gasteiger partial charge in [0.2, 0.25) is 0 Å². The summed E-state index contributed by atoms with van der Waals surface area (Å²) in [4.78, 5) is 14.7. The van der Waals surface area contributed by atoms with Crippen molar-refractivity contribution in [2.75, 3.05) is 4.90 Å². The summed E-state index contributed by atoms with van der Waals surface area (Å²) in [5.74, 6) is -0.757. The molecule has 0 aliphatic carbocycles. The van der Waals surface area contributed by atoms with Gasteiger partial charge in [-0.15, -0.1) is 0 Å². The number of aromatic nitrogens is 1. The number of alkyl halides is 3. The molecule has 3 aromatic rings. The Morgan fingerprint density at radius 1 is 1.00 bits per heavy atom. The van der Waals surface area contributed by atoms with Gasteiger partial charge in [0.15, 0.2) is 4.32 Å². The minimum absolute atomic E-state index is 0.319. The van der Waals surface area contributed by atoms with Gasteiger partial charge >= 0.3 is 6.18 Å². The summed E-state index contributed by atoms with van der Waals surface area (Å²) in [6, 6.07) is 12.3. The zero-order chi connectivity index (χ0) is 23.2. The van der Waals surface area contributed by atoms with Gasteiger partial charge in [-0.2, -0.15) is 13.2 Å². The SMILES string of the molecule is Cc1cc(/C=C2/SC(=S)N(c3ccc(F)cc3)C2=O)c(C)n1-c1cccc(C(F)(F)F)c1. The van der Waals surface area contributed by atoms with Gasteiger partial charge in [0, 0.05) is 17.1 Å². The van der Waals surface area contributed by atoms with Gasteiger partial charge in [-0.1, -0.05) is 30.0 Å². The van der Waals surface area contributed by atoms with Crippen molar-refractivity contribution in [2.24, 2.45) is 0 Å². The first-order chi connectivity index (χ1) is 15.1. The fourth-order valence-corrected chi connectivity index (χ4v) is 4.86. The maximum Gasteiger partial charge on any atom is 0.416 e. The quantitative estimate of drug-likeness (QED) is 0.240. The van der Waals surface area contributed by atoms with E-state index >= 15 is 0 Å². The second-order valence-electron chi connectivity index (χ2n) is 7.20. The zero-order valence-electron chi connectivity index (χ0n) is 16.9. The lowest BCUT2D eigenvalue weighted by molar-refractivity contribution is -0.137. The molecule has 32 heavy (non-hydrogen) atoms. The predicted octanol–water partition coefficient (Wildman–Crippen LogP) is 6.66. The van der Waals surface area contributed by atoms with Crippen LogP contribution in [0.15, 0.2) is 59.5 Å². The minimum Gasteiger partial charge on any atom is -0.318 e. The maximum absolute atomic E-state index is 13.2. The first-order valence-electron chi connectivity index (χ1n) is 9.46. The third-order valence-electron chi connectivity index (χ3n) is 5.07. The van der Waals surface area contributed by atoms with E-state index < -0.39 is 17.6 Å². The Balaban J connectivity index is 1.70. The van der Waals surface area contributed by atoms with Gasteiger partial charge in [-0.05, 0) is 74.0 Å². The second-order valence-corrected chi connectivity index (χ2v) is 8.88. The van der Waals surface area contributed by atoms with Crippen LogP contribution in [0.2, 0.25) is 0 Å². The number of hydrogen-bond donors (Lipinski definition) is 0. The molecule has 1 aromatic heterocycles. The lowest BCUT2D eigenvalue weighted by Gasteiger charge is -2.14. The van der Waals surface area contributed by atoms with Crippen LogP contribution in [0.5, 0.6) is 0 Å². The number of carbonyl (C=O) groups excluding carboxylic acids is 1. The summed E-state index contributed by atoms with van der Waals surface area (Å²) in [6.07, 6.45) is -2.77. The Morgan fingerprint density at radius 3 is 2.34 bits per heavy atom. The Labute approximate surface area is 191 Å². The molecule has 164 valence electrons. The van der Waals surface area contributed by atoms with Crippen LogP contribution < -0.4 is 4.90 Å². The number of anilines is 1. The van der Waals surface area contributed by atoms with Gasteiger partial charge in [0.1, 0.15) is 5.82 Å². The summed E-state index contributed by atoms with van der Waals surface area (Å²) in [5.41, 5.74) is 2.22. The van der Waals surface area contributed by atoms with Crippen molar-refractivity contribution in [2.45, 2.75) is 20.0 Å². The number of hydrogen-bond acceptors (Lipinski definition) is 3. The highest BCUT2D eigenvalue weighted by Crippen LogP contribution is 2.37. The molecular weight excluding hydrogens is 460 g/mol. The normalized spacial score (nSPS) is 15.8. The molecule has 0 unspecified atom stereocenters. The molecule has 4 rings (SSSR count). The summed E-state index contributed by atoms with van der Waals surface area (Å²) < 4.78 is 54.7. The monoisotopic (exact) mass is 476 g/mol. The van der Waals surface area contributed by atoms with Crippen LogP contribution >= 0.6 is 24.0 Å². The molecule has 2 aromatic carbocycles. The maximum atomic E-state index is 13.2. The molecule has 0 spiro atoms. The molecule has 0 bridgehead atoms. The molecule has 0 radical (unpaired) electrons. The van der Waals surface area contributed by atoms with E-state index in [0.717, 1.165) is 29.6 Å². The van der Waals surface area contributed by atoms with E-state index in [1.165, 1.54) is 35.2 Å². The average molecular weight is 477 g/mol. The molecule has 1 aliphatic rings. The van der Waals surface area contributed by atoms with Gasteiger partial charge in [-0.25, -0.2) is 4.39 Å².